The number of hydrogen-bond acceptors (Lipinski definition) is 6. The van der Waals surface area contributed by atoms with Crippen molar-refractivity contribution in [1.29, 1.82) is 0 Å². The number of hydrogen-bond donors (Lipinski definition) is 2. The summed E-state index contributed by atoms with van der Waals surface area (Å²) in [5.74, 6) is 0.164. The molecule has 0 bridgehead atoms. The Kier molecular flexibility index (Phi) is 7.80. The Bertz CT molecular complexity index is 1730. The number of hydrazone groups is 1. The molecule has 0 saturated heterocycles. The lowest BCUT2D eigenvalue weighted by molar-refractivity contribution is 0.0730. The summed E-state index contributed by atoms with van der Waals surface area (Å²) in [7, 11) is 3.05. The molecule has 0 aliphatic rings. The van der Waals surface area contributed by atoms with Gasteiger partial charge < -0.3 is 19.2 Å². The van der Waals surface area contributed by atoms with E-state index in [1.54, 1.807) is 43.5 Å². The highest BCUT2D eigenvalue weighted by atomic mass is 35.5. The molecular weight excluding hydrogens is 530 g/mol. The molecule has 2 N–H and O–H groups in total. The van der Waals surface area contributed by atoms with Gasteiger partial charge in [0.1, 0.15) is 28.5 Å². The van der Waals surface area contributed by atoms with Crippen LogP contribution in [0.1, 0.15) is 26.4 Å². The highest BCUT2D eigenvalue weighted by Crippen LogP contribution is 2.34. The van der Waals surface area contributed by atoms with Crippen LogP contribution in [0.2, 0.25) is 5.02 Å². The first-order valence-electron chi connectivity index (χ1n) is 12.2. The number of H-pyrrole nitrogens is 1. The summed E-state index contributed by atoms with van der Waals surface area (Å²) in [6.07, 6.45) is 1.41. The van der Waals surface area contributed by atoms with Crippen molar-refractivity contribution in [3.63, 3.8) is 0 Å². The van der Waals surface area contributed by atoms with Gasteiger partial charge in [-0.15, -0.1) is 0 Å². The van der Waals surface area contributed by atoms with E-state index in [-0.39, 0.29) is 11.3 Å². The fraction of sp³-hybridized carbons (Fsp3) is 0.0645. The molecule has 1 aromatic heterocycles. The Hall–Kier alpha value is -5.08. The number of ether oxygens (including phenoxy) is 3. The van der Waals surface area contributed by atoms with Crippen molar-refractivity contribution in [3.05, 3.63) is 113 Å². The highest BCUT2D eigenvalue weighted by molar-refractivity contribution is 6.31. The zero-order valence-corrected chi connectivity index (χ0v) is 22.4. The molecule has 4 aromatic carbocycles. The van der Waals surface area contributed by atoms with E-state index in [4.69, 9.17) is 25.8 Å². The maximum Gasteiger partial charge on any atom is 0.347 e. The molecular formula is C31H24ClN3O5. The van der Waals surface area contributed by atoms with Gasteiger partial charge in [0.05, 0.1) is 20.4 Å². The largest absolute Gasteiger partial charge is 0.497 e. The molecule has 0 unspecified atom stereocenters. The molecule has 0 fully saturated rings. The summed E-state index contributed by atoms with van der Waals surface area (Å²) < 4.78 is 16.3. The number of nitrogens with one attached hydrogen (secondary N) is 2. The predicted octanol–water partition coefficient (Wildman–Crippen LogP) is 6.49. The number of carbonyl (C=O) groups excluding carboxylic acids is 2. The molecule has 0 aliphatic heterocycles. The van der Waals surface area contributed by atoms with Crippen LogP contribution in [0, 0.1) is 0 Å². The molecule has 40 heavy (non-hydrogen) atoms. The molecule has 0 radical (unpaired) electrons. The third-order valence-corrected chi connectivity index (χ3v) is 6.40. The summed E-state index contributed by atoms with van der Waals surface area (Å²) in [5, 5.41) is 5.35. The van der Waals surface area contributed by atoms with Gasteiger partial charge in [0.2, 0.25) is 0 Å². The summed E-state index contributed by atoms with van der Waals surface area (Å²) in [4.78, 5) is 29.4. The molecule has 1 heterocycles. The molecule has 0 atom stereocenters. The van der Waals surface area contributed by atoms with Crippen LogP contribution in [0.15, 0.2) is 96.1 Å². The summed E-state index contributed by atoms with van der Waals surface area (Å²) >= 11 is 6.06. The number of amides is 1. The number of nitrogens with zero attached hydrogens (tertiary/aromatic N) is 1. The number of benzene rings is 4. The molecule has 5 aromatic rings. The van der Waals surface area contributed by atoms with E-state index >= 15 is 0 Å². The first-order valence-corrected chi connectivity index (χ1v) is 12.6. The molecule has 0 aliphatic carbocycles. The molecule has 0 spiro atoms. The Morgan fingerprint density at radius 1 is 0.875 bits per heavy atom. The van der Waals surface area contributed by atoms with Gasteiger partial charge in [0.25, 0.3) is 5.91 Å². The average molecular weight is 554 g/mol. The number of aromatic amines is 1. The van der Waals surface area contributed by atoms with Crippen LogP contribution in [0.4, 0.5) is 0 Å². The van der Waals surface area contributed by atoms with Gasteiger partial charge in [-0.3, -0.25) is 4.79 Å². The van der Waals surface area contributed by atoms with E-state index in [2.05, 4.69) is 15.5 Å². The Morgan fingerprint density at radius 3 is 2.42 bits per heavy atom. The number of methoxy groups -OCH3 is 2. The Balaban J connectivity index is 1.40. The lowest BCUT2D eigenvalue weighted by Gasteiger charge is -2.10. The maximum absolute atomic E-state index is 13.3. The molecule has 1 amide bonds. The van der Waals surface area contributed by atoms with Crippen LogP contribution in [0.5, 0.6) is 17.2 Å². The van der Waals surface area contributed by atoms with Gasteiger partial charge in [-0.05, 0) is 54.1 Å². The first-order chi connectivity index (χ1) is 19.5. The monoisotopic (exact) mass is 553 g/mol. The van der Waals surface area contributed by atoms with Crippen molar-refractivity contribution in [3.8, 4) is 28.4 Å². The van der Waals surface area contributed by atoms with Crippen LogP contribution in [-0.4, -0.2) is 37.3 Å². The zero-order chi connectivity index (χ0) is 28.1. The van der Waals surface area contributed by atoms with Crippen molar-refractivity contribution >= 4 is 40.6 Å². The molecule has 5 rings (SSSR count). The highest BCUT2D eigenvalue weighted by Gasteiger charge is 2.20. The third-order valence-electron chi connectivity index (χ3n) is 6.17. The second kappa shape index (κ2) is 11.8. The van der Waals surface area contributed by atoms with Crippen LogP contribution in [0.3, 0.4) is 0 Å². The van der Waals surface area contributed by atoms with Crippen molar-refractivity contribution in [1.82, 2.24) is 10.4 Å². The van der Waals surface area contributed by atoms with E-state index in [9.17, 15) is 9.59 Å². The van der Waals surface area contributed by atoms with Crippen molar-refractivity contribution in [2.24, 2.45) is 5.10 Å². The molecule has 200 valence electrons. The standard InChI is InChI=1S/C31H24ClN3O5/c1-38-22-13-14-25-23(17-22)28(19-8-4-3-5-9-19)29(34-25)30(36)35-33-18-20-10-6-7-11-26(20)40-31(37)24-16-21(32)12-15-27(24)39-2/h3-18,34H,1-2H3,(H,35,36). The number of rotatable bonds is 8. The number of para-hydroxylation sites is 1. The van der Waals surface area contributed by atoms with E-state index in [0.717, 1.165) is 22.0 Å². The quantitative estimate of drug-likeness (QED) is 0.0989. The Morgan fingerprint density at radius 2 is 1.65 bits per heavy atom. The van der Waals surface area contributed by atoms with Crippen LogP contribution in [0.25, 0.3) is 22.0 Å². The summed E-state index contributed by atoms with van der Waals surface area (Å²) in [5.41, 5.74) is 5.95. The SMILES string of the molecule is COc1ccc2[nH]c(C(=O)NN=Cc3ccccc3OC(=O)c3cc(Cl)ccc3OC)c(-c3ccccc3)c2c1. The van der Waals surface area contributed by atoms with Gasteiger partial charge in [-0.1, -0.05) is 54.1 Å². The minimum absolute atomic E-state index is 0.180. The van der Waals surface area contributed by atoms with E-state index < -0.39 is 11.9 Å². The number of esters is 1. The zero-order valence-electron chi connectivity index (χ0n) is 21.6. The first kappa shape index (κ1) is 26.5. The fourth-order valence-corrected chi connectivity index (χ4v) is 4.44. The number of halogens is 1. The van der Waals surface area contributed by atoms with Crippen molar-refractivity contribution in [2.45, 2.75) is 0 Å². The van der Waals surface area contributed by atoms with Crippen molar-refractivity contribution in [2.75, 3.05) is 14.2 Å². The number of aromatic nitrogens is 1. The van der Waals surface area contributed by atoms with Crippen LogP contribution in [-0.2, 0) is 0 Å². The van der Waals surface area contributed by atoms with Gasteiger partial charge >= 0.3 is 5.97 Å². The summed E-state index contributed by atoms with van der Waals surface area (Å²) in [6, 6.07) is 26.7. The number of carbonyl (C=O) groups is 2. The van der Waals surface area contributed by atoms with E-state index in [1.807, 2.05) is 48.5 Å². The third kappa shape index (κ3) is 5.52. The molecule has 0 saturated carbocycles. The minimum atomic E-state index is -0.648. The normalized spacial score (nSPS) is 11.0. The number of fused-ring (bicyclic) bond motifs is 1. The van der Waals surface area contributed by atoms with Gasteiger partial charge in [-0.2, -0.15) is 5.10 Å². The molecule has 9 heteroatoms. The lowest BCUT2D eigenvalue weighted by Crippen LogP contribution is -2.19. The Labute approximate surface area is 235 Å². The van der Waals surface area contributed by atoms with Gasteiger partial charge in [0.15, 0.2) is 0 Å². The van der Waals surface area contributed by atoms with Gasteiger partial charge in [-0.25, -0.2) is 10.2 Å². The minimum Gasteiger partial charge on any atom is -0.497 e. The maximum atomic E-state index is 13.3. The van der Waals surface area contributed by atoms with Crippen LogP contribution >= 0.6 is 11.6 Å². The van der Waals surface area contributed by atoms with Gasteiger partial charge in [0, 0.05) is 27.1 Å². The average Bonchev–Trinajstić information content (AvgIpc) is 3.37. The topological polar surface area (TPSA) is 102 Å². The van der Waals surface area contributed by atoms with Crippen molar-refractivity contribution < 1.29 is 23.8 Å². The second-order valence-corrected chi connectivity index (χ2v) is 9.06. The second-order valence-electron chi connectivity index (χ2n) is 8.62. The lowest BCUT2D eigenvalue weighted by atomic mass is 10.0. The molecule has 8 nitrogen and oxygen atoms in total. The summed E-state index contributed by atoms with van der Waals surface area (Å²) in [6.45, 7) is 0. The van der Waals surface area contributed by atoms with Crippen LogP contribution < -0.4 is 19.6 Å². The smallest absolute Gasteiger partial charge is 0.347 e. The van der Waals surface area contributed by atoms with E-state index in [1.165, 1.54) is 19.4 Å². The fourth-order valence-electron chi connectivity index (χ4n) is 4.26. The predicted molar refractivity (Wildman–Crippen MR) is 155 cm³/mol. The van der Waals surface area contributed by atoms with E-state index in [0.29, 0.717) is 27.8 Å².